The fraction of sp³-hybridized carbons (Fsp3) is 0.894. The molecular formula is C47H92N2O. The van der Waals surface area contributed by atoms with Crippen molar-refractivity contribution in [2.24, 2.45) is 5.92 Å². The third-order valence-electron chi connectivity index (χ3n) is 10.8. The summed E-state index contributed by atoms with van der Waals surface area (Å²) in [6, 6.07) is 0.0264. The summed E-state index contributed by atoms with van der Waals surface area (Å²) in [6.07, 6.45) is 58.3. The molecule has 0 saturated heterocycles. The number of rotatable bonds is 41. The Labute approximate surface area is 315 Å². The number of nitrogens with one attached hydrogen (secondary N) is 2. The summed E-state index contributed by atoms with van der Waals surface area (Å²) in [5.41, 5.74) is 0. The molecule has 1 atom stereocenters. The van der Waals surface area contributed by atoms with E-state index in [9.17, 15) is 4.79 Å². The van der Waals surface area contributed by atoms with Crippen molar-refractivity contribution in [3.05, 3.63) is 24.3 Å². The van der Waals surface area contributed by atoms with Crippen LogP contribution in [0.25, 0.3) is 0 Å². The van der Waals surface area contributed by atoms with Crippen molar-refractivity contribution >= 4 is 6.03 Å². The normalized spacial score (nSPS) is 12.4. The Balaban J connectivity index is 3.40. The van der Waals surface area contributed by atoms with E-state index in [1.807, 2.05) is 0 Å². The number of hydrogen-bond donors (Lipinski definition) is 2. The molecule has 3 nitrogen and oxygen atoms in total. The van der Waals surface area contributed by atoms with E-state index in [4.69, 9.17) is 0 Å². The fourth-order valence-corrected chi connectivity index (χ4v) is 7.14. The Morgan fingerprint density at radius 1 is 0.380 bits per heavy atom. The Morgan fingerprint density at radius 3 is 1.08 bits per heavy atom. The molecule has 0 spiro atoms. The highest BCUT2D eigenvalue weighted by atomic mass is 16.2. The van der Waals surface area contributed by atoms with Gasteiger partial charge in [0.05, 0.1) is 0 Å². The van der Waals surface area contributed by atoms with Crippen LogP contribution in [0.3, 0.4) is 0 Å². The largest absolute Gasteiger partial charge is 0.338 e. The molecule has 50 heavy (non-hydrogen) atoms. The fourth-order valence-electron chi connectivity index (χ4n) is 7.14. The van der Waals surface area contributed by atoms with E-state index in [0.717, 1.165) is 31.8 Å². The quantitative estimate of drug-likeness (QED) is 0.0484. The lowest BCUT2D eigenvalue weighted by atomic mass is 9.94. The summed E-state index contributed by atoms with van der Waals surface area (Å²) in [5, 5.41) is 6.18. The van der Waals surface area contributed by atoms with Gasteiger partial charge in [0.25, 0.3) is 0 Å². The van der Waals surface area contributed by atoms with Crippen LogP contribution in [0.15, 0.2) is 24.3 Å². The molecule has 0 heterocycles. The molecule has 0 fully saturated rings. The smallest absolute Gasteiger partial charge is 0.314 e. The Kier molecular flexibility index (Phi) is 42.8. The van der Waals surface area contributed by atoms with Crippen LogP contribution in [0.1, 0.15) is 252 Å². The molecule has 0 aromatic carbocycles. The number of unbranched alkanes of at least 4 members (excludes halogenated alkanes) is 29. The summed E-state index contributed by atoms with van der Waals surface area (Å²) in [4.78, 5) is 12.2. The zero-order chi connectivity index (χ0) is 36.3. The van der Waals surface area contributed by atoms with Gasteiger partial charge in [-0.2, -0.15) is 0 Å². The lowest BCUT2D eigenvalue weighted by Gasteiger charge is -2.15. The molecule has 0 saturated carbocycles. The van der Waals surface area contributed by atoms with E-state index in [1.165, 1.54) is 218 Å². The van der Waals surface area contributed by atoms with Gasteiger partial charge in [-0.05, 0) is 70.1 Å². The summed E-state index contributed by atoms with van der Waals surface area (Å²) < 4.78 is 0. The maximum absolute atomic E-state index is 12.2. The van der Waals surface area contributed by atoms with Gasteiger partial charge < -0.3 is 10.6 Å². The van der Waals surface area contributed by atoms with Crippen molar-refractivity contribution in [3.63, 3.8) is 0 Å². The first-order chi connectivity index (χ1) is 24.7. The Morgan fingerprint density at radius 2 is 0.700 bits per heavy atom. The molecule has 296 valence electrons. The summed E-state index contributed by atoms with van der Waals surface area (Å²) in [5.74, 6) is 0.751. The highest BCUT2D eigenvalue weighted by Crippen LogP contribution is 2.19. The molecule has 0 aromatic rings. The van der Waals surface area contributed by atoms with Gasteiger partial charge in [-0.25, -0.2) is 4.79 Å². The van der Waals surface area contributed by atoms with Gasteiger partial charge in [-0.15, -0.1) is 0 Å². The minimum Gasteiger partial charge on any atom is -0.338 e. The van der Waals surface area contributed by atoms with Crippen LogP contribution in [0, 0.1) is 5.92 Å². The minimum absolute atomic E-state index is 0.0264. The second kappa shape index (κ2) is 43.9. The first-order valence-electron chi connectivity index (χ1n) is 23.1. The maximum Gasteiger partial charge on any atom is 0.314 e. The van der Waals surface area contributed by atoms with Gasteiger partial charge in [0.1, 0.15) is 0 Å². The standard InChI is InChI=1S/C47H92N2O/c1-4-7-9-11-13-15-17-19-21-23-24-25-26-27-28-30-32-34-36-38-40-42-46(6-3)43-45-49-47(50)48-44-41-39-37-35-33-31-29-22-20-18-16-14-12-10-8-5-2/h20-23,46H,4-19,24-45H2,1-3H3,(H2,48,49,50)/b22-20-,23-21-. The number of allylic oxidation sites excluding steroid dienone is 4. The van der Waals surface area contributed by atoms with Crippen molar-refractivity contribution in [2.45, 2.75) is 252 Å². The number of carbonyl (C=O) groups is 1. The molecule has 0 bridgehead atoms. The first kappa shape index (κ1) is 48.8. The average molecular weight is 701 g/mol. The van der Waals surface area contributed by atoms with Crippen LogP contribution in [0.5, 0.6) is 0 Å². The van der Waals surface area contributed by atoms with Crippen LogP contribution in [-0.4, -0.2) is 19.1 Å². The molecule has 0 rings (SSSR count). The molecule has 1 unspecified atom stereocenters. The maximum atomic E-state index is 12.2. The van der Waals surface area contributed by atoms with E-state index in [2.05, 4.69) is 55.7 Å². The van der Waals surface area contributed by atoms with Crippen LogP contribution in [0.2, 0.25) is 0 Å². The Hall–Kier alpha value is -1.25. The third-order valence-corrected chi connectivity index (χ3v) is 10.8. The van der Waals surface area contributed by atoms with Gasteiger partial charge in [0.15, 0.2) is 0 Å². The zero-order valence-corrected chi connectivity index (χ0v) is 34.7. The van der Waals surface area contributed by atoms with Crippen molar-refractivity contribution in [3.8, 4) is 0 Å². The van der Waals surface area contributed by atoms with Gasteiger partial charge in [0, 0.05) is 13.1 Å². The lowest BCUT2D eigenvalue weighted by molar-refractivity contribution is 0.239. The Bertz CT molecular complexity index is 701. The van der Waals surface area contributed by atoms with Crippen LogP contribution in [0.4, 0.5) is 4.79 Å². The van der Waals surface area contributed by atoms with Crippen molar-refractivity contribution in [1.29, 1.82) is 0 Å². The molecule has 2 N–H and O–H groups in total. The summed E-state index contributed by atoms with van der Waals surface area (Å²) in [7, 11) is 0. The van der Waals surface area contributed by atoms with E-state index >= 15 is 0 Å². The van der Waals surface area contributed by atoms with Gasteiger partial charge in [0.2, 0.25) is 0 Å². The second-order valence-electron chi connectivity index (χ2n) is 15.7. The van der Waals surface area contributed by atoms with Crippen LogP contribution < -0.4 is 10.6 Å². The van der Waals surface area contributed by atoms with E-state index in [0.29, 0.717) is 0 Å². The number of carbonyl (C=O) groups excluding carboxylic acids is 1. The predicted octanol–water partition coefficient (Wildman–Crippen LogP) is 16.1. The highest BCUT2D eigenvalue weighted by Gasteiger charge is 2.07. The predicted molar refractivity (Wildman–Crippen MR) is 226 cm³/mol. The monoisotopic (exact) mass is 701 g/mol. The summed E-state index contributed by atoms with van der Waals surface area (Å²) in [6.45, 7) is 8.51. The van der Waals surface area contributed by atoms with Crippen LogP contribution >= 0.6 is 0 Å². The molecule has 0 aliphatic carbocycles. The minimum atomic E-state index is 0.0264. The second-order valence-corrected chi connectivity index (χ2v) is 15.7. The van der Waals surface area contributed by atoms with E-state index in [-0.39, 0.29) is 6.03 Å². The van der Waals surface area contributed by atoms with Gasteiger partial charge in [-0.1, -0.05) is 212 Å². The van der Waals surface area contributed by atoms with Gasteiger partial charge in [-0.3, -0.25) is 0 Å². The molecule has 3 heteroatoms. The number of hydrogen-bond acceptors (Lipinski definition) is 1. The zero-order valence-electron chi connectivity index (χ0n) is 34.7. The first-order valence-corrected chi connectivity index (χ1v) is 23.1. The van der Waals surface area contributed by atoms with Crippen LogP contribution in [-0.2, 0) is 0 Å². The van der Waals surface area contributed by atoms with Crippen molar-refractivity contribution < 1.29 is 4.79 Å². The van der Waals surface area contributed by atoms with E-state index in [1.54, 1.807) is 0 Å². The molecular weight excluding hydrogens is 609 g/mol. The molecule has 0 radical (unpaired) electrons. The average Bonchev–Trinajstić information content (AvgIpc) is 3.12. The SMILES string of the molecule is CCCCCCCC/C=C\CCCCCCCCNC(=O)NCCC(CC)CCCCCCCCCCCC/C=C\CCCCCCCCC. The molecule has 2 amide bonds. The van der Waals surface area contributed by atoms with Crippen molar-refractivity contribution in [2.75, 3.05) is 13.1 Å². The third kappa shape index (κ3) is 41.2. The van der Waals surface area contributed by atoms with Gasteiger partial charge >= 0.3 is 6.03 Å². The molecule has 0 aliphatic heterocycles. The molecule has 0 aromatic heterocycles. The number of amides is 2. The summed E-state index contributed by atoms with van der Waals surface area (Å²) >= 11 is 0. The van der Waals surface area contributed by atoms with E-state index < -0.39 is 0 Å². The molecule has 0 aliphatic rings. The topological polar surface area (TPSA) is 41.1 Å². The lowest BCUT2D eigenvalue weighted by Crippen LogP contribution is -2.37. The number of urea groups is 1. The van der Waals surface area contributed by atoms with Crippen molar-refractivity contribution in [1.82, 2.24) is 10.6 Å². The highest BCUT2D eigenvalue weighted by molar-refractivity contribution is 5.73.